The number of rotatable bonds is 3. The van der Waals surface area contributed by atoms with E-state index in [9.17, 15) is 0 Å². The Bertz CT molecular complexity index is 632. The molecule has 1 aliphatic carbocycles. The molecule has 1 aromatic carbocycles. The van der Waals surface area contributed by atoms with E-state index in [0.717, 1.165) is 30.7 Å². The zero-order valence-electron chi connectivity index (χ0n) is 13.8. The predicted octanol–water partition coefficient (Wildman–Crippen LogP) is 3.83. The van der Waals surface area contributed by atoms with Crippen LogP contribution in [0.5, 0.6) is 0 Å². The SMILES string of the molecule is CN1OC(c2ccc(C#N)cc2)(C2CC2)N=C1CC(C)(C)C. The maximum atomic E-state index is 8.97. The summed E-state index contributed by atoms with van der Waals surface area (Å²) in [5, 5.41) is 10.8. The van der Waals surface area contributed by atoms with Gasteiger partial charge in [0.1, 0.15) is 5.84 Å². The van der Waals surface area contributed by atoms with E-state index in [1.54, 1.807) is 0 Å². The molecule has 1 aromatic rings. The van der Waals surface area contributed by atoms with E-state index in [4.69, 9.17) is 15.1 Å². The van der Waals surface area contributed by atoms with Crippen molar-refractivity contribution >= 4 is 5.84 Å². The molecular weight excluding hydrogens is 274 g/mol. The maximum Gasteiger partial charge on any atom is 0.215 e. The van der Waals surface area contributed by atoms with E-state index in [1.807, 2.05) is 36.4 Å². The van der Waals surface area contributed by atoms with Gasteiger partial charge in [-0.25, -0.2) is 14.9 Å². The van der Waals surface area contributed by atoms with Gasteiger partial charge in [-0.3, -0.25) is 0 Å². The van der Waals surface area contributed by atoms with Crippen molar-refractivity contribution in [1.29, 1.82) is 5.26 Å². The Morgan fingerprint density at radius 2 is 1.95 bits per heavy atom. The van der Waals surface area contributed by atoms with Crippen molar-refractivity contribution in [1.82, 2.24) is 5.06 Å². The zero-order chi connectivity index (χ0) is 16.0. The van der Waals surface area contributed by atoms with Gasteiger partial charge in [0.2, 0.25) is 5.72 Å². The lowest BCUT2D eigenvalue weighted by Crippen LogP contribution is -2.31. The van der Waals surface area contributed by atoms with Gasteiger partial charge >= 0.3 is 0 Å². The average molecular weight is 297 g/mol. The summed E-state index contributed by atoms with van der Waals surface area (Å²) < 4.78 is 0. The molecule has 0 amide bonds. The third kappa shape index (κ3) is 2.74. The topological polar surface area (TPSA) is 48.6 Å². The highest BCUT2D eigenvalue weighted by Crippen LogP contribution is 2.52. The number of hydroxylamine groups is 2. The molecule has 1 atom stereocenters. The third-order valence-corrected chi connectivity index (χ3v) is 4.18. The van der Waals surface area contributed by atoms with Crippen molar-refractivity contribution in [2.75, 3.05) is 7.05 Å². The average Bonchev–Trinajstić information content (AvgIpc) is 3.25. The number of benzene rings is 1. The van der Waals surface area contributed by atoms with Gasteiger partial charge < -0.3 is 0 Å². The first-order valence-electron chi connectivity index (χ1n) is 7.86. The minimum Gasteiger partial charge on any atom is -0.240 e. The van der Waals surface area contributed by atoms with Crippen LogP contribution in [0.4, 0.5) is 0 Å². The summed E-state index contributed by atoms with van der Waals surface area (Å²) in [7, 11) is 1.94. The Hall–Kier alpha value is -1.86. The minimum absolute atomic E-state index is 0.167. The number of hydrogen-bond donors (Lipinski definition) is 0. The third-order valence-electron chi connectivity index (χ3n) is 4.18. The van der Waals surface area contributed by atoms with Crippen molar-refractivity contribution < 1.29 is 4.84 Å². The number of amidine groups is 1. The Morgan fingerprint density at radius 3 is 2.45 bits per heavy atom. The van der Waals surface area contributed by atoms with Gasteiger partial charge in [0, 0.05) is 24.9 Å². The van der Waals surface area contributed by atoms with Crippen molar-refractivity contribution in [2.45, 2.75) is 45.8 Å². The summed E-state index contributed by atoms with van der Waals surface area (Å²) in [6, 6.07) is 9.82. The van der Waals surface area contributed by atoms with Crippen molar-refractivity contribution in [3.8, 4) is 6.07 Å². The summed E-state index contributed by atoms with van der Waals surface area (Å²) >= 11 is 0. The van der Waals surface area contributed by atoms with Crippen LogP contribution in [-0.4, -0.2) is 17.9 Å². The highest BCUT2D eigenvalue weighted by atomic mass is 16.7. The molecule has 2 aliphatic rings. The van der Waals surface area contributed by atoms with Crippen LogP contribution in [0.15, 0.2) is 29.3 Å². The Kier molecular flexibility index (Phi) is 3.49. The van der Waals surface area contributed by atoms with Crippen molar-refractivity contribution in [3.05, 3.63) is 35.4 Å². The second-order valence-electron chi connectivity index (χ2n) is 7.51. The van der Waals surface area contributed by atoms with Gasteiger partial charge in [0.15, 0.2) is 0 Å². The standard InChI is InChI=1S/C18H23N3O/c1-17(2,3)11-16-20-18(15-9-10-15,22-21(16)4)14-7-5-13(12-19)6-8-14/h5-8,15H,9-11H2,1-4H3. The molecule has 0 N–H and O–H groups in total. The molecule has 4 heteroatoms. The monoisotopic (exact) mass is 297 g/mol. The van der Waals surface area contributed by atoms with Gasteiger partial charge in [-0.05, 0) is 30.4 Å². The normalized spacial score (nSPS) is 25.0. The second kappa shape index (κ2) is 5.10. The van der Waals surface area contributed by atoms with Crippen LogP contribution < -0.4 is 0 Å². The van der Waals surface area contributed by atoms with Crippen LogP contribution >= 0.6 is 0 Å². The van der Waals surface area contributed by atoms with Gasteiger partial charge in [0.05, 0.1) is 11.6 Å². The maximum absolute atomic E-state index is 8.97. The van der Waals surface area contributed by atoms with Crippen LogP contribution in [-0.2, 0) is 10.6 Å². The van der Waals surface area contributed by atoms with E-state index in [1.165, 1.54) is 0 Å². The zero-order valence-corrected chi connectivity index (χ0v) is 13.8. The molecule has 1 aliphatic heterocycles. The molecule has 0 spiro atoms. The lowest BCUT2D eigenvalue weighted by atomic mass is 9.91. The number of nitriles is 1. The van der Waals surface area contributed by atoms with Gasteiger partial charge in [-0.1, -0.05) is 32.9 Å². The summed E-state index contributed by atoms with van der Waals surface area (Å²) in [5.74, 6) is 1.43. The Morgan fingerprint density at radius 1 is 1.32 bits per heavy atom. The first-order chi connectivity index (χ1) is 10.3. The molecule has 22 heavy (non-hydrogen) atoms. The summed E-state index contributed by atoms with van der Waals surface area (Å²) in [4.78, 5) is 11.2. The Labute approximate surface area is 132 Å². The second-order valence-corrected chi connectivity index (χ2v) is 7.51. The molecule has 0 saturated heterocycles. The van der Waals surface area contributed by atoms with Crippen LogP contribution in [0.25, 0.3) is 0 Å². The molecule has 0 bridgehead atoms. The summed E-state index contributed by atoms with van der Waals surface area (Å²) in [6.45, 7) is 6.63. The quantitative estimate of drug-likeness (QED) is 0.852. The molecule has 4 nitrogen and oxygen atoms in total. The van der Waals surface area contributed by atoms with E-state index >= 15 is 0 Å². The van der Waals surface area contributed by atoms with Crippen LogP contribution in [0.3, 0.4) is 0 Å². The smallest absolute Gasteiger partial charge is 0.215 e. The van der Waals surface area contributed by atoms with E-state index in [0.29, 0.717) is 11.5 Å². The lowest BCUT2D eigenvalue weighted by Gasteiger charge is -2.27. The van der Waals surface area contributed by atoms with Crippen molar-refractivity contribution in [2.24, 2.45) is 16.3 Å². The van der Waals surface area contributed by atoms with E-state index < -0.39 is 5.72 Å². The highest BCUT2D eigenvalue weighted by Gasteiger charge is 2.53. The molecular formula is C18H23N3O. The summed E-state index contributed by atoms with van der Waals surface area (Å²) in [5.41, 5.74) is 1.29. The molecule has 0 radical (unpaired) electrons. The summed E-state index contributed by atoms with van der Waals surface area (Å²) in [6.07, 6.45) is 3.16. The Balaban J connectivity index is 1.97. The first-order valence-corrected chi connectivity index (χ1v) is 7.86. The largest absolute Gasteiger partial charge is 0.240 e. The minimum atomic E-state index is -0.594. The number of nitrogens with zero attached hydrogens (tertiary/aromatic N) is 3. The fourth-order valence-corrected chi connectivity index (χ4v) is 2.95. The van der Waals surface area contributed by atoms with Crippen molar-refractivity contribution in [3.63, 3.8) is 0 Å². The molecule has 1 fully saturated rings. The highest BCUT2D eigenvalue weighted by molar-refractivity contribution is 5.83. The molecule has 1 unspecified atom stereocenters. The van der Waals surface area contributed by atoms with E-state index in [2.05, 4.69) is 26.8 Å². The van der Waals surface area contributed by atoms with Crippen LogP contribution in [0.1, 0.15) is 51.2 Å². The fraction of sp³-hybridized carbons (Fsp3) is 0.556. The van der Waals surface area contributed by atoms with Gasteiger partial charge in [-0.2, -0.15) is 5.26 Å². The first kappa shape index (κ1) is 15.1. The number of aliphatic imine (C=N–C) groups is 1. The van der Waals surface area contributed by atoms with Crippen LogP contribution in [0.2, 0.25) is 0 Å². The molecule has 1 heterocycles. The fourth-order valence-electron chi connectivity index (χ4n) is 2.95. The lowest BCUT2D eigenvalue weighted by molar-refractivity contribution is -0.183. The van der Waals surface area contributed by atoms with Crippen LogP contribution in [0, 0.1) is 22.7 Å². The molecule has 1 saturated carbocycles. The van der Waals surface area contributed by atoms with Gasteiger partial charge in [0.25, 0.3) is 0 Å². The predicted molar refractivity (Wildman–Crippen MR) is 85.9 cm³/mol. The van der Waals surface area contributed by atoms with Gasteiger partial charge in [-0.15, -0.1) is 0 Å². The molecule has 3 rings (SSSR count). The molecule has 0 aromatic heterocycles. The van der Waals surface area contributed by atoms with E-state index in [-0.39, 0.29) is 5.41 Å². The number of hydrogen-bond acceptors (Lipinski definition) is 4. The molecule has 116 valence electrons.